The van der Waals surface area contributed by atoms with Crippen molar-refractivity contribution in [1.82, 2.24) is 15.2 Å². The molecule has 1 aromatic heterocycles. The molecular weight excluding hydrogens is 659 g/mol. The Morgan fingerprint density at radius 1 is 0.980 bits per heavy atom. The fourth-order valence-corrected chi connectivity index (χ4v) is 8.33. The smallest absolute Gasteiger partial charge is 0.224 e. The van der Waals surface area contributed by atoms with Gasteiger partial charge >= 0.3 is 0 Å². The summed E-state index contributed by atoms with van der Waals surface area (Å²) in [7, 11) is 0. The Balaban J connectivity index is 1.17. The Morgan fingerprint density at radius 2 is 1.73 bits per heavy atom. The molecule has 2 heterocycles. The summed E-state index contributed by atoms with van der Waals surface area (Å²) in [6.45, 7) is 16.5. The fraction of sp³-hybridized carbons (Fsp3) is 0.548. The number of nitrogens with one attached hydrogen (secondary N) is 1. The van der Waals surface area contributed by atoms with Crippen LogP contribution in [0.15, 0.2) is 54.6 Å². The maximum atomic E-state index is 14.3. The third kappa shape index (κ3) is 10.1. The number of fused-ring (bicyclic) bond motifs is 1. The van der Waals surface area contributed by atoms with E-state index in [1.165, 1.54) is 31.2 Å². The standard InChI is InChI=1S/C42H57N3O5S/c1-6-7-8-9-12-20-48-21-22-49-23-24-50-38-25-32(41-30(4)44-28-51-41)18-19-33(38)26-43-42(47)37-17-13-16-36(37)40(46)39(29(2)3)45-27-34-14-10-11-15-35(34)31(45)5/h10-11,14-15,18-19,25,28-29,36-37,39H,5-9,12-13,16-17,20-24,26-27H2,1-4H3,(H,43,47). The molecule has 1 N–H and O–H groups in total. The molecule has 1 aliphatic heterocycles. The first-order chi connectivity index (χ1) is 24.8. The highest BCUT2D eigenvalue weighted by molar-refractivity contribution is 7.13. The number of unbranched alkanes of at least 4 members (excludes halogenated alkanes) is 4. The number of nitrogens with zero attached hydrogens (tertiary/aromatic N) is 2. The summed E-state index contributed by atoms with van der Waals surface area (Å²) in [6, 6.07) is 14.0. The molecule has 3 unspecified atom stereocenters. The summed E-state index contributed by atoms with van der Waals surface area (Å²) in [5, 5.41) is 3.18. The van der Waals surface area contributed by atoms with Crippen LogP contribution in [0, 0.1) is 24.7 Å². The monoisotopic (exact) mass is 715 g/mol. The van der Waals surface area contributed by atoms with Gasteiger partial charge in [0.1, 0.15) is 12.4 Å². The van der Waals surface area contributed by atoms with Crippen molar-refractivity contribution in [3.8, 4) is 16.2 Å². The Morgan fingerprint density at radius 3 is 2.47 bits per heavy atom. The van der Waals surface area contributed by atoms with Crippen LogP contribution in [0.25, 0.3) is 16.1 Å². The quantitative estimate of drug-likeness (QED) is 0.111. The van der Waals surface area contributed by atoms with Gasteiger partial charge in [-0.2, -0.15) is 0 Å². The Kier molecular flexibility index (Phi) is 14.7. The van der Waals surface area contributed by atoms with Crippen LogP contribution in [0.4, 0.5) is 0 Å². The van der Waals surface area contributed by atoms with E-state index in [-0.39, 0.29) is 35.5 Å². The predicted molar refractivity (Wildman–Crippen MR) is 206 cm³/mol. The number of amides is 1. The molecule has 8 nitrogen and oxygen atoms in total. The number of carbonyl (C=O) groups excluding carboxylic acids is 2. The second kappa shape index (κ2) is 19.3. The van der Waals surface area contributed by atoms with Gasteiger partial charge in [-0.25, -0.2) is 4.98 Å². The van der Waals surface area contributed by atoms with Gasteiger partial charge in [-0.1, -0.05) is 95.9 Å². The van der Waals surface area contributed by atoms with E-state index in [2.05, 4.69) is 60.7 Å². The van der Waals surface area contributed by atoms with Crippen molar-refractivity contribution in [2.45, 2.75) is 98.2 Å². The first kappa shape index (κ1) is 38.7. The van der Waals surface area contributed by atoms with Crippen LogP contribution < -0.4 is 10.1 Å². The van der Waals surface area contributed by atoms with Crippen molar-refractivity contribution >= 4 is 28.7 Å². The lowest BCUT2D eigenvalue weighted by Crippen LogP contribution is -2.46. The normalized spacial score (nSPS) is 17.6. The third-order valence-corrected chi connectivity index (χ3v) is 11.2. The van der Waals surface area contributed by atoms with E-state index in [1.54, 1.807) is 11.3 Å². The average Bonchev–Trinajstić information content (AvgIpc) is 3.87. The van der Waals surface area contributed by atoms with Crippen molar-refractivity contribution in [3.05, 3.63) is 76.9 Å². The minimum atomic E-state index is -0.354. The largest absolute Gasteiger partial charge is 0.491 e. The molecule has 1 fully saturated rings. The topological polar surface area (TPSA) is 90.0 Å². The summed E-state index contributed by atoms with van der Waals surface area (Å²) in [5.41, 5.74) is 7.93. The van der Waals surface area contributed by atoms with Crippen molar-refractivity contribution in [2.75, 3.05) is 33.0 Å². The van der Waals surface area contributed by atoms with Gasteiger partial charge < -0.3 is 24.4 Å². The van der Waals surface area contributed by atoms with Crippen LogP contribution in [0.1, 0.15) is 94.5 Å². The zero-order valence-corrected chi connectivity index (χ0v) is 31.9. The number of aryl methyl sites for hydroxylation is 1. The van der Waals surface area contributed by atoms with Crippen molar-refractivity contribution < 1.29 is 23.8 Å². The van der Waals surface area contributed by atoms with E-state index in [1.807, 2.05) is 36.7 Å². The maximum Gasteiger partial charge on any atom is 0.224 e. The average molecular weight is 716 g/mol. The molecule has 5 rings (SSSR count). The van der Waals surface area contributed by atoms with Crippen LogP contribution in [0.2, 0.25) is 0 Å². The Hall–Kier alpha value is -3.53. The number of hydrogen-bond acceptors (Lipinski definition) is 8. The number of benzene rings is 2. The lowest BCUT2D eigenvalue weighted by molar-refractivity contribution is -0.135. The molecule has 2 aromatic carbocycles. The van der Waals surface area contributed by atoms with E-state index in [4.69, 9.17) is 14.2 Å². The van der Waals surface area contributed by atoms with Gasteiger partial charge in [0.2, 0.25) is 5.91 Å². The van der Waals surface area contributed by atoms with Gasteiger partial charge in [-0.15, -0.1) is 11.3 Å². The number of thiazole rings is 1. The van der Waals surface area contributed by atoms with E-state index < -0.39 is 0 Å². The highest BCUT2D eigenvalue weighted by Gasteiger charge is 2.44. The molecule has 1 aliphatic carbocycles. The summed E-state index contributed by atoms with van der Waals surface area (Å²) < 4.78 is 17.8. The number of ether oxygens (including phenoxy) is 3. The van der Waals surface area contributed by atoms with Gasteiger partial charge in [0.05, 0.1) is 41.9 Å². The summed E-state index contributed by atoms with van der Waals surface area (Å²) in [4.78, 5) is 35.8. The van der Waals surface area contributed by atoms with E-state index in [0.717, 1.165) is 58.8 Å². The molecule has 3 aromatic rings. The van der Waals surface area contributed by atoms with Gasteiger partial charge in [0.15, 0.2) is 5.78 Å². The highest BCUT2D eigenvalue weighted by atomic mass is 32.1. The van der Waals surface area contributed by atoms with Gasteiger partial charge in [-0.05, 0) is 49.3 Å². The highest BCUT2D eigenvalue weighted by Crippen LogP contribution is 2.40. The molecule has 3 atom stereocenters. The minimum Gasteiger partial charge on any atom is -0.491 e. The summed E-state index contributed by atoms with van der Waals surface area (Å²) in [5.74, 6) is 0.209. The predicted octanol–water partition coefficient (Wildman–Crippen LogP) is 8.61. The zero-order valence-electron chi connectivity index (χ0n) is 31.1. The molecule has 9 heteroatoms. The minimum absolute atomic E-state index is 0.0704. The first-order valence-electron chi connectivity index (χ1n) is 19.0. The molecular formula is C42H57N3O5S. The molecule has 276 valence electrons. The SMILES string of the molecule is C=C1c2ccccc2CN1C(C(=O)C1CCCC1C(=O)NCc1ccc(-c2scnc2C)cc1OCCOCCOCCCCCCC)C(C)C. The van der Waals surface area contributed by atoms with Crippen molar-refractivity contribution in [1.29, 1.82) is 0 Å². The van der Waals surface area contributed by atoms with Gasteiger partial charge in [0, 0.05) is 48.4 Å². The first-order valence-corrected chi connectivity index (χ1v) is 19.8. The Labute approximate surface area is 309 Å². The molecule has 0 spiro atoms. The number of ketones is 1. The van der Waals surface area contributed by atoms with Crippen LogP contribution >= 0.6 is 11.3 Å². The molecule has 1 saturated carbocycles. The van der Waals surface area contributed by atoms with Gasteiger partial charge in [0.25, 0.3) is 0 Å². The Bertz CT molecular complexity index is 1600. The molecule has 2 aliphatic rings. The summed E-state index contributed by atoms with van der Waals surface area (Å²) in [6.07, 6.45) is 8.42. The van der Waals surface area contributed by atoms with Crippen molar-refractivity contribution in [2.24, 2.45) is 17.8 Å². The maximum absolute atomic E-state index is 14.3. The number of carbonyl (C=O) groups is 2. The number of hydrogen-bond donors (Lipinski definition) is 1. The van der Waals surface area contributed by atoms with E-state index in [9.17, 15) is 9.59 Å². The van der Waals surface area contributed by atoms with Crippen molar-refractivity contribution in [3.63, 3.8) is 0 Å². The van der Waals surface area contributed by atoms with Crippen LogP contribution in [-0.2, 0) is 32.2 Å². The number of Topliss-reactive ketones (excluding diaryl/α,β-unsaturated/α-hetero) is 1. The second-order valence-electron chi connectivity index (χ2n) is 14.3. The van der Waals surface area contributed by atoms with Gasteiger partial charge in [-0.3, -0.25) is 9.59 Å². The van der Waals surface area contributed by atoms with Crippen LogP contribution in [0.3, 0.4) is 0 Å². The number of rotatable bonds is 21. The second-order valence-corrected chi connectivity index (χ2v) is 15.1. The lowest BCUT2D eigenvalue weighted by atomic mass is 9.83. The molecule has 0 saturated heterocycles. The molecule has 1 amide bonds. The molecule has 51 heavy (non-hydrogen) atoms. The van der Waals surface area contributed by atoms with Crippen LogP contribution in [-0.4, -0.2) is 60.7 Å². The van der Waals surface area contributed by atoms with E-state index >= 15 is 0 Å². The van der Waals surface area contributed by atoms with Crippen LogP contribution in [0.5, 0.6) is 5.75 Å². The molecule has 0 bridgehead atoms. The van der Waals surface area contributed by atoms with E-state index in [0.29, 0.717) is 51.7 Å². The zero-order chi connectivity index (χ0) is 36.2. The fourth-order valence-electron chi connectivity index (χ4n) is 7.52. The summed E-state index contributed by atoms with van der Waals surface area (Å²) >= 11 is 1.60. The number of aromatic nitrogens is 1. The third-order valence-electron chi connectivity index (χ3n) is 10.3. The molecule has 0 radical (unpaired) electrons. The lowest BCUT2D eigenvalue weighted by Gasteiger charge is -2.35.